The summed E-state index contributed by atoms with van der Waals surface area (Å²) in [4.78, 5) is 21.3. The summed E-state index contributed by atoms with van der Waals surface area (Å²) in [5, 5.41) is 10.5. The summed E-state index contributed by atoms with van der Waals surface area (Å²) in [5.41, 5.74) is 0.760. The molecule has 2 atom stereocenters. The minimum absolute atomic E-state index is 0.0158. The third-order valence-electron chi connectivity index (χ3n) is 2.44. The summed E-state index contributed by atoms with van der Waals surface area (Å²) >= 11 is 0. The van der Waals surface area contributed by atoms with Gasteiger partial charge in [-0.25, -0.2) is 4.79 Å². The lowest BCUT2D eigenvalue weighted by molar-refractivity contribution is -0.384. The summed E-state index contributed by atoms with van der Waals surface area (Å²) in [7, 11) is 0. The summed E-state index contributed by atoms with van der Waals surface area (Å²) in [5.74, 6) is -0.393. The number of hydrogen-bond acceptors (Lipinski definition) is 5. The van der Waals surface area contributed by atoms with Crippen LogP contribution >= 0.6 is 0 Å². The number of ether oxygens (including phenoxy) is 2. The van der Waals surface area contributed by atoms with E-state index in [1.807, 2.05) is 0 Å². The second-order valence-electron chi connectivity index (χ2n) is 3.58. The molecule has 1 aliphatic rings. The summed E-state index contributed by atoms with van der Waals surface area (Å²) < 4.78 is 9.98. The molecule has 1 aliphatic heterocycles. The number of carbonyl (C=O) groups excluding carboxylic acids is 1. The van der Waals surface area contributed by atoms with Crippen molar-refractivity contribution in [1.82, 2.24) is 0 Å². The van der Waals surface area contributed by atoms with Crippen LogP contribution in [0.5, 0.6) is 0 Å². The van der Waals surface area contributed by atoms with E-state index < -0.39 is 17.0 Å². The molecule has 2 rings (SSSR count). The number of nitro groups is 1. The van der Waals surface area contributed by atoms with Crippen molar-refractivity contribution >= 4 is 11.7 Å². The SMILES string of the molecule is CCOC(=O)C1OC1c1ccc([N+](=O)[O-])cc1. The van der Waals surface area contributed by atoms with E-state index in [-0.39, 0.29) is 11.8 Å². The Morgan fingerprint density at radius 2 is 2.12 bits per heavy atom. The van der Waals surface area contributed by atoms with Crippen LogP contribution in [0.2, 0.25) is 0 Å². The van der Waals surface area contributed by atoms with Crippen LogP contribution in [0.25, 0.3) is 0 Å². The van der Waals surface area contributed by atoms with E-state index in [4.69, 9.17) is 9.47 Å². The monoisotopic (exact) mass is 237 g/mol. The highest BCUT2D eigenvalue weighted by molar-refractivity contribution is 5.78. The highest BCUT2D eigenvalue weighted by Gasteiger charge is 2.47. The van der Waals surface area contributed by atoms with Crippen molar-refractivity contribution in [3.05, 3.63) is 39.9 Å². The summed E-state index contributed by atoms with van der Waals surface area (Å²) in [6.45, 7) is 2.03. The van der Waals surface area contributed by atoms with Gasteiger partial charge in [0.2, 0.25) is 0 Å². The molecule has 2 unspecified atom stereocenters. The molecule has 1 saturated heterocycles. The van der Waals surface area contributed by atoms with Gasteiger partial charge in [-0.2, -0.15) is 0 Å². The number of nitrogens with zero attached hydrogens (tertiary/aromatic N) is 1. The molecule has 6 heteroatoms. The number of non-ortho nitro benzene ring substituents is 1. The smallest absolute Gasteiger partial charge is 0.338 e. The van der Waals surface area contributed by atoms with Crippen LogP contribution in [0.3, 0.4) is 0 Å². The average Bonchev–Trinajstić information content (AvgIpc) is 3.09. The van der Waals surface area contributed by atoms with Gasteiger partial charge in [0.1, 0.15) is 6.10 Å². The maximum Gasteiger partial charge on any atom is 0.338 e. The first-order valence-corrected chi connectivity index (χ1v) is 5.20. The molecular weight excluding hydrogens is 226 g/mol. The fourth-order valence-corrected chi connectivity index (χ4v) is 1.56. The van der Waals surface area contributed by atoms with Crippen molar-refractivity contribution in [2.75, 3.05) is 6.61 Å². The molecule has 1 heterocycles. The fourth-order valence-electron chi connectivity index (χ4n) is 1.56. The van der Waals surface area contributed by atoms with Gasteiger partial charge in [0.05, 0.1) is 11.5 Å². The summed E-state index contributed by atoms with van der Waals surface area (Å²) in [6.07, 6.45) is -0.911. The lowest BCUT2D eigenvalue weighted by Crippen LogP contribution is -2.11. The molecule has 0 saturated carbocycles. The van der Waals surface area contributed by atoms with Gasteiger partial charge in [0.25, 0.3) is 5.69 Å². The van der Waals surface area contributed by atoms with Crippen LogP contribution in [0, 0.1) is 10.1 Å². The highest BCUT2D eigenvalue weighted by atomic mass is 16.6. The van der Waals surface area contributed by atoms with Crippen LogP contribution in [0.4, 0.5) is 5.69 Å². The molecule has 0 aliphatic carbocycles. The summed E-state index contributed by atoms with van der Waals surface area (Å²) in [6, 6.07) is 5.95. The van der Waals surface area contributed by atoms with Crippen molar-refractivity contribution < 1.29 is 19.2 Å². The molecule has 1 aromatic carbocycles. The van der Waals surface area contributed by atoms with Crippen molar-refractivity contribution in [1.29, 1.82) is 0 Å². The molecule has 0 aromatic heterocycles. The van der Waals surface area contributed by atoms with Gasteiger partial charge in [-0.1, -0.05) is 0 Å². The van der Waals surface area contributed by atoms with E-state index in [1.54, 1.807) is 19.1 Å². The van der Waals surface area contributed by atoms with Gasteiger partial charge in [0.15, 0.2) is 6.10 Å². The van der Waals surface area contributed by atoms with E-state index in [2.05, 4.69) is 0 Å². The highest BCUT2D eigenvalue weighted by Crippen LogP contribution is 2.39. The Morgan fingerprint density at radius 1 is 1.47 bits per heavy atom. The number of benzene rings is 1. The lowest BCUT2D eigenvalue weighted by Gasteiger charge is -1.97. The Balaban J connectivity index is 2.01. The van der Waals surface area contributed by atoms with Crippen LogP contribution in [-0.2, 0) is 14.3 Å². The number of carbonyl (C=O) groups is 1. The van der Waals surface area contributed by atoms with E-state index >= 15 is 0 Å². The molecule has 1 aromatic rings. The standard InChI is InChI=1S/C11H11NO5/c1-2-16-11(13)10-9(17-10)7-3-5-8(6-4-7)12(14)15/h3-6,9-10H,2H2,1H3. The van der Waals surface area contributed by atoms with Gasteiger partial charge < -0.3 is 9.47 Å². The molecule has 0 bridgehead atoms. The average molecular weight is 237 g/mol. The van der Waals surface area contributed by atoms with Crippen molar-refractivity contribution in [3.63, 3.8) is 0 Å². The van der Waals surface area contributed by atoms with Gasteiger partial charge in [-0.3, -0.25) is 10.1 Å². The zero-order valence-corrected chi connectivity index (χ0v) is 9.16. The second-order valence-corrected chi connectivity index (χ2v) is 3.58. The van der Waals surface area contributed by atoms with E-state index in [9.17, 15) is 14.9 Å². The number of hydrogen-bond donors (Lipinski definition) is 0. The maximum absolute atomic E-state index is 11.3. The number of rotatable bonds is 4. The minimum atomic E-state index is -0.573. The van der Waals surface area contributed by atoms with Crippen molar-refractivity contribution in [2.45, 2.75) is 19.1 Å². The van der Waals surface area contributed by atoms with Gasteiger partial charge >= 0.3 is 5.97 Å². The molecular formula is C11H11NO5. The first-order chi connectivity index (χ1) is 8.13. The van der Waals surface area contributed by atoms with Crippen molar-refractivity contribution in [2.24, 2.45) is 0 Å². The minimum Gasteiger partial charge on any atom is -0.464 e. The Hall–Kier alpha value is -1.95. The van der Waals surface area contributed by atoms with Crippen LogP contribution in [0.15, 0.2) is 24.3 Å². The Kier molecular flexibility index (Phi) is 3.06. The zero-order chi connectivity index (χ0) is 12.4. The van der Waals surface area contributed by atoms with Gasteiger partial charge in [-0.05, 0) is 24.6 Å². The molecule has 90 valence electrons. The first-order valence-electron chi connectivity index (χ1n) is 5.20. The molecule has 0 spiro atoms. The topological polar surface area (TPSA) is 82.0 Å². The number of epoxide rings is 1. The third kappa shape index (κ3) is 2.42. The zero-order valence-electron chi connectivity index (χ0n) is 9.16. The normalized spacial score (nSPS) is 21.9. The van der Waals surface area contributed by atoms with E-state index in [0.717, 1.165) is 5.56 Å². The van der Waals surface area contributed by atoms with Gasteiger partial charge in [0, 0.05) is 12.1 Å². The van der Waals surface area contributed by atoms with Crippen LogP contribution in [-0.4, -0.2) is 23.6 Å². The Morgan fingerprint density at radius 3 is 2.65 bits per heavy atom. The quantitative estimate of drug-likeness (QED) is 0.344. The first kappa shape index (κ1) is 11.5. The molecule has 17 heavy (non-hydrogen) atoms. The third-order valence-corrected chi connectivity index (χ3v) is 2.44. The molecule has 0 radical (unpaired) electrons. The predicted molar refractivity (Wildman–Crippen MR) is 57.3 cm³/mol. The molecule has 0 amide bonds. The predicted octanol–water partition coefficient (Wildman–Crippen LogP) is 1.60. The number of nitro benzene ring substituents is 1. The Bertz CT molecular complexity index is 442. The van der Waals surface area contributed by atoms with Crippen molar-refractivity contribution in [3.8, 4) is 0 Å². The Labute approximate surface area is 97.3 Å². The van der Waals surface area contributed by atoms with E-state index in [0.29, 0.717) is 6.61 Å². The largest absolute Gasteiger partial charge is 0.464 e. The van der Waals surface area contributed by atoms with Crippen LogP contribution in [0.1, 0.15) is 18.6 Å². The fraction of sp³-hybridized carbons (Fsp3) is 0.364. The lowest BCUT2D eigenvalue weighted by atomic mass is 10.1. The maximum atomic E-state index is 11.3. The molecule has 0 N–H and O–H groups in total. The van der Waals surface area contributed by atoms with Gasteiger partial charge in [-0.15, -0.1) is 0 Å². The van der Waals surface area contributed by atoms with Crippen LogP contribution < -0.4 is 0 Å². The second kappa shape index (κ2) is 4.50. The molecule has 6 nitrogen and oxygen atoms in total. The number of esters is 1. The van der Waals surface area contributed by atoms with E-state index in [1.165, 1.54) is 12.1 Å². The molecule has 1 fully saturated rings.